The van der Waals surface area contributed by atoms with Crippen molar-refractivity contribution in [3.8, 4) is 0 Å². The molecule has 4 nitrogen and oxygen atoms in total. The molecule has 0 aliphatic carbocycles. The third-order valence-corrected chi connectivity index (χ3v) is 7.29. The third-order valence-electron chi connectivity index (χ3n) is 7.29. The molecule has 4 heteroatoms. The van der Waals surface area contributed by atoms with E-state index in [-0.39, 0.29) is 12.0 Å². The van der Waals surface area contributed by atoms with Crippen molar-refractivity contribution in [3.63, 3.8) is 0 Å². The van der Waals surface area contributed by atoms with Crippen LogP contribution in [0.25, 0.3) is 0 Å². The van der Waals surface area contributed by atoms with Gasteiger partial charge in [-0.1, -0.05) is 69.3 Å². The Balaban J connectivity index is 1.68. The van der Waals surface area contributed by atoms with Crippen LogP contribution in [0.5, 0.6) is 0 Å². The molecule has 0 saturated carbocycles. The molecule has 174 valence electrons. The summed E-state index contributed by atoms with van der Waals surface area (Å²) >= 11 is 0. The predicted octanol–water partition coefficient (Wildman–Crippen LogP) is 4.67. The molecule has 0 spiro atoms. The maximum absolute atomic E-state index is 12.4. The quantitative estimate of drug-likeness (QED) is 0.530. The maximum atomic E-state index is 12.4. The van der Waals surface area contributed by atoms with Gasteiger partial charge in [-0.2, -0.15) is 0 Å². The lowest BCUT2D eigenvalue weighted by molar-refractivity contribution is -0.127. The summed E-state index contributed by atoms with van der Waals surface area (Å²) in [6, 6.07) is 18.6. The minimum Gasteiger partial charge on any atom is -0.392 e. The zero-order valence-electron chi connectivity index (χ0n) is 20.3. The molecule has 0 amide bonds. The SMILES string of the molecule is CC(C)c1ccc([C@](O)(c2cncc(CCc3ccccc3CO)c2)C2(C)CN(C)C2)cc1. The molecule has 3 aromatic rings. The summed E-state index contributed by atoms with van der Waals surface area (Å²) in [5, 5.41) is 22.0. The number of aliphatic hydroxyl groups is 2. The van der Waals surface area contributed by atoms with Crippen molar-refractivity contribution < 1.29 is 10.2 Å². The van der Waals surface area contributed by atoms with Gasteiger partial charge in [-0.3, -0.25) is 4.98 Å². The molecule has 2 N–H and O–H groups in total. The Kier molecular flexibility index (Phi) is 6.71. The second-order valence-electron chi connectivity index (χ2n) is 10.2. The largest absolute Gasteiger partial charge is 0.392 e. The Hall–Kier alpha value is -2.53. The van der Waals surface area contributed by atoms with Gasteiger partial charge in [-0.05, 0) is 59.7 Å². The van der Waals surface area contributed by atoms with Gasteiger partial charge in [0.05, 0.1) is 6.61 Å². The Labute approximate surface area is 197 Å². The fourth-order valence-electron chi connectivity index (χ4n) is 5.40. The Bertz CT molecular complexity index is 1090. The summed E-state index contributed by atoms with van der Waals surface area (Å²) in [6.45, 7) is 8.24. The van der Waals surface area contributed by atoms with E-state index in [4.69, 9.17) is 0 Å². The Morgan fingerprint density at radius 1 is 0.970 bits per heavy atom. The first kappa shape index (κ1) is 23.6. The minimum atomic E-state index is -1.12. The second-order valence-corrected chi connectivity index (χ2v) is 10.2. The first-order chi connectivity index (χ1) is 15.8. The fourth-order valence-corrected chi connectivity index (χ4v) is 5.40. The first-order valence-corrected chi connectivity index (χ1v) is 11.9. The number of rotatable bonds is 8. The standard InChI is InChI=1S/C29H36N2O2/c1-21(2)23-11-13-26(14-12-23)29(33,28(3)19-31(4)20-28)27-15-22(16-30-17-27)9-10-24-7-5-6-8-25(24)18-32/h5-8,11-17,21,32-33H,9-10,18-20H2,1-4H3/t29-/m0/s1. The lowest BCUT2D eigenvalue weighted by Gasteiger charge is -2.56. The summed E-state index contributed by atoms with van der Waals surface area (Å²) in [5.74, 6) is 0.448. The summed E-state index contributed by atoms with van der Waals surface area (Å²) in [5.41, 5.74) is 4.83. The van der Waals surface area contributed by atoms with Crippen molar-refractivity contribution in [2.24, 2.45) is 5.41 Å². The second kappa shape index (κ2) is 9.38. The molecule has 2 aromatic carbocycles. The normalized spacial score (nSPS) is 17.5. The number of nitrogens with zero attached hydrogens (tertiary/aromatic N) is 2. The van der Waals surface area contributed by atoms with Crippen molar-refractivity contribution >= 4 is 0 Å². The molecular formula is C29H36N2O2. The zero-order chi connectivity index (χ0) is 23.6. The highest BCUT2D eigenvalue weighted by atomic mass is 16.3. The molecule has 4 rings (SSSR count). The molecule has 1 fully saturated rings. The minimum absolute atomic E-state index is 0.0481. The molecular weight excluding hydrogens is 408 g/mol. The van der Waals surface area contributed by atoms with Crippen molar-refractivity contribution in [1.82, 2.24) is 9.88 Å². The van der Waals surface area contributed by atoms with Gasteiger partial charge in [0, 0.05) is 36.5 Å². The number of hydrogen-bond acceptors (Lipinski definition) is 4. The number of benzene rings is 2. The van der Waals surface area contributed by atoms with E-state index < -0.39 is 5.60 Å². The van der Waals surface area contributed by atoms with Gasteiger partial charge >= 0.3 is 0 Å². The van der Waals surface area contributed by atoms with Crippen molar-refractivity contribution in [2.75, 3.05) is 20.1 Å². The summed E-state index contributed by atoms with van der Waals surface area (Å²) < 4.78 is 0. The van der Waals surface area contributed by atoms with E-state index in [1.165, 1.54) is 5.56 Å². The first-order valence-electron chi connectivity index (χ1n) is 11.9. The van der Waals surface area contributed by atoms with Crippen LogP contribution >= 0.6 is 0 Å². The smallest absolute Gasteiger partial charge is 0.124 e. The monoisotopic (exact) mass is 444 g/mol. The van der Waals surface area contributed by atoms with Gasteiger partial charge in [0.1, 0.15) is 5.60 Å². The highest BCUT2D eigenvalue weighted by Gasteiger charge is 2.55. The van der Waals surface area contributed by atoms with Gasteiger partial charge in [0.25, 0.3) is 0 Å². The van der Waals surface area contributed by atoms with Crippen LogP contribution in [-0.2, 0) is 25.0 Å². The molecule has 1 atom stereocenters. The van der Waals surface area contributed by atoms with Crippen molar-refractivity contribution in [2.45, 2.75) is 51.7 Å². The van der Waals surface area contributed by atoms with Gasteiger partial charge in [-0.15, -0.1) is 0 Å². The number of aliphatic hydroxyl groups excluding tert-OH is 1. The maximum Gasteiger partial charge on any atom is 0.124 e. The lowest BCUT2D eigenvalue weighted by Crippen LogP contribution is -2.63. The number of aromatic nitrogens is 1. The van der Waals surface area contributed by atoms with Crippen LogP contribution in [0.1, 0.15) is 60.1 Å². The van der Waals surface area contributed by atoms with Crippen LogP contribution in [0.2, 0.25) is 0 Å². The molecule has 2 heterocycles. The fraction of sp³-hybridized carbons (Fsp3) is 0.414. The van der Waals surface area contributed by atoms with Gasteiger partial charge in [-0.25, -0.2) is 0 Å². The topological polar surface area (TPSA) is 56.6 Å². The molecule has 1 saturated heterocycles. The van der Waals surface area contributed by atoms with E-state index >= 15 is 0 Å². The van der Waals surface area contributed by atoms with Crippen LogP contribution < -0.4 is 0 Å². The Morgan fingerprint density at radius 2 is 1.64 bits per heavy atom. The van der Waals surface area contributed by atoms with Crippen molar-refractivity contribution in [1.29, 1.82) is 0 Å². The summed E-state index contributed by atoms with van der Waals surface area (Å²) in [6.07, 6.45) is 5.34. The van der Waals surface area contributed by atoms with E-state index in [2.05, 4.69) is 74.1 Å². The zero-order valence-corrected chi connectivity index (χ0v) is 20.3. The van der Waals surface area contributed by atoms with Gasteiger partial charge in [0.2, 0.25) is 0 Å². The van der Waals surface area contributed by atoms with Crippen LogP contribution in [0, 0.1) is 5.41 Å². The molecule has 1 aromatic heterocycles. The van der Waals surface area contributed by atoms with Crippen LogP contribution in [-0.4, -0.2) is 40.2 Å². The summed E-state index contributed by atoms with van der Waals surface area (Å²) in [7, 11) is 2.09. The average molecular weight is 445 g/mol. The average Bonchev–Trinajstić information content (AvgIpc) is 2.81. The number of aryl methyl sites for hydroxylation is 2. The molecule has 33 heavy (non-hydrogen) atoms. The third kappa shape index (κ3) is 4.48. The molecule has 0 radical (unpaired) electrons. The van der Waals surface area contributed by atoms with E-state index in [9.17, 15) is 10.2 Å². The van der Waals surface area contributed by atoms with Crippen molar-refractivity contribution in [3.05, 3.63) is 100 Å². The van der Waals surface area contributed by atoms with Gasteiger partial charge in [0.15, 0.2) is 0 Å². The molecule has 0 unspecified atom stereocenters. The van der Waals surface area contributed by atoms with E-state index in [0.29, 0.717) is 5.92 Å². The Morgan fingerprint density at radius 3 is 2.24 bits per heavy atom. The van der Waals surface area contributed by atoms with Crippen LogP contribution in [0.3, 0.4) is 0 Å². The molecule has 0 bridgehead atoms. The van der Waals surface area contributed by atoms with E-state index in [1.807, 2.05) is 30.6 Å². The van der Waals surface area contributed by atoms with Crippen LogP contribution in [0.15, 0.2) is 67.0 Å². The van der Waals surface area contributed by atoms with Gasteiger partial charge < -0.3 is 15.1 Å². The molecule has 1 aliphatic rings. The molecule has 1 aliphatic heterocycles. The highest BCUT2D eigenvalue weighted by Crippen LogP contribution is 2.50. The predicted molar refractivity (Wildman–Crippen MR) is 133 cm³/mol. The lowest BCUT2D eigenvalue weighted by atomic mass is 9.62. The number of hydrogen-bond donors (Lipinski definition) is 2. The number of likely N-dealkylation sites (tertiary alicyclic amines) is 1. The van der Waals surface area contributed by atoms with Crippen LogP contribution in [0.4, 0.5) is 0 Å². The highest BCUT2D eigenvalue weighted by molar-refractivity contribution is 5.42. The summed E-state index contributed by atoms with van der Waals surface area (Å²) in [4.78, 5) is 6.79. The van der Waals surface area contributed by atoms with E-state index in [0.717, 1.165) is 53.7 Å². The van der Waals surface area contributed by atoms with E-state index in [1.54, 1.807) is 0 Å². The number of pyridine rings is 1.